The molecule has 33 heavy (non-hydrogen) atoms. The lowest BCUT2D eigenvalue weighted by atomic mass is 10.1. The van der Waals surface area contributed by atoms with Crippen LogP contribution in [0, 0.1) is 13.8 Å². The van der Waals surface area contributed by atoms with Crippen molar-refractivity contribution >= 4 is 33.7 Å². The number of fused-ring (bicyclic) bond motifs is 2. The molecule has 0 unspecified atom stereocenters. The van der Waals surface area contributed by atoms with Gasteiger partial charge < -0.3 is 5.11 Å². The van der Waals surface area contributed by atoms with Gasteiger partial charge in [-0.2, -0.15) is 0 Å². The number of aromatic hydroxyl groups is 1. The number of H-pyrrole nitrogens is 1. The number of nitrogens with zero attached hydrogens (tertiary/aromatic N) is 3. The summed E-state index contributed by atoms with van der Waals surface area (Å²) >= 11 is 0. The fourth-order valence-corrected chi connectivity index (χ4v) is 3.84. The van der Waals surface area contributed by atoms with Crippen molar-refractivity contribution < 1.29 is 5.11 Å². The van der Waals surface area contributed by atoms with Crippen LogP contribution in [0.15, 0.2) is 81.3 Å². The monoisotopic (exact) mass is 436 g/mol. The molecule has 5 aromatic rings. The Bertz CT molecular complexity index is 1640. The number of hydrogen-bond acceptors (Lipinski definition) is 5. The van der Waals surface area contributed by atoms with Gasteiger partial charge in [-0.25, -0.2) is 14.3 Å². The predicted octanol–water partition coefficient (Wildman–Crippen LogP) is 4.30. The minimum Gasteiger partial charge on any atom is -0.493 e. The van der Waals surface area contributed by atoms with E-state index >= 15 is 0 Å². The summed E-state index contributed by atoms with van der Waals surface area (Å²) in [4.78, 5) is 36.7. The molecule has 7 heteroatoms. The molecule has 5 rings (SSSR count). The molecule has 0 atom stereocenters. The molecule has 0 saturated carbocycles. The third-order valence-electron chi connectivity index (χ3n) is 5.75. The summed E-state index contributed by atoms with van der Waals surface area (Å²) in [5.74, 6) is -0.474. The summed E-state index contributed by atoms with van der Waals surface area (Å²) < 4.78 is 1.07. The zero-order chi connectivity index (χ0) is 23.1. The number of pyridine rings is 1. The van der Waals surface area contributed by atoms with Crippen LogP contribution in [-0.2, 0) is 0 Å². The van der Waals surface area contributed by atoms with E-state index in [1.807, 2.05) is 68.4 Å². The van der Waals surface area contributed by atoms with Gasteiger partial charge in [0.15, 0.2) is 0 Å². The van der Waals surface area contributed by atoms with Gasteiger partial charge in [0, 0.05) is 17.0 Å². The van der Waals surface area contributed by atoms with Crippen molar-refractivity contribution in [2.75, 3.05) is 0 Å². The van der Waals surface area contributed by atoms with E-state index in [0.717, 1.165) is 37.5 Å². The van der Waals surface area contributed by atoms with Crippen LogP contribution in [0.3, 0.4) is 0 Å². The Morgan fingerprint density at radius 1 is 0.909 bits per heavy atom. The standard InChI is InChI=1S/C26H20N4O3/c1-15-11-12-17(13-16(15)2)30-25(32)20(24(31)29-26(30)33)14-27-23-18-7-3-5-9-21(18)28-22-10-6-4-8-19(22)23/h3-14,32H,1-2H3,(H,29,31,33). The van der Waals surface area contributed by atoms with Crippen molar-refractivity contribution in [3.8, 4) is 11.6 Å². The van der Waals surface area contributed by atoms with Gasteiger partial charge >= 0.3 is 5.69 Å². The number of aryl methyl sites for hydroxylation is 2. The number of rotatable bonds is 3. The van der Waals surface area contributed by atoms with Gasteiger partial charge in [-0.3, -0.25) is 14.8 Å². The fraction of sp³-hybridized carbons (Fsp3) is 0.0769. The third kappa shape index (κ3) is 3.49. The number of aromatic amines is 1. The summed E-state index contributed by atoms with van der Waals surface area (Å²) in [5.41, 5.74) is 3.05. The average Bonchev–Trinajstić information content (AvgIpc) is 2.80. The first-order valence-corrected chi connectivity index (χ1v) is 10.4. The number of hydrogen-bond donors (Lipinski definition) is 2. The highest BCUT2D eigenvalue weighted by Crippen LogP contribution is 2.33. The van der Waals surface area contributed by atoms with E-state index in [9.17, 15) is 14.7 Å². The van der Waals surface area contributed by atoms with Crippen molar-refractivity contribution in [1.82, 2.24) is 14.5 Å². The molecule has 0 aliphatic carbocycles. The molecule has 0 spiro atoms. The van der Waals surface area contributed by atoms with E-state index in [4.69, 9.17) is 0 Å². The van der Waals surface area contributed by atoms with Gasteiger partial charge in [0.1, 0.15) is 5.56 Å². The molecule has 162 valence electrons. The van der Waals surface area contributed by atoms with E-state index in [-0.39, 0.29) is 5.56 Å². The molecule has 0 amide bonds. The van der Waals surface area contributed by atoms with E-state index in [0.29, 0.717) is 11.4 Å². The van der Waals surface area contributed by atoms with Crippen LogP contribution < -0.4 is 11.2 Å². The molecular weight excluding hydrogens is 416 g/mol. The molecule has 2 N–H and O–H groups in total. The summed E-state index contributed by atoms with van der Waals surface area (Å²) in [5, 5.41) is 12.5. The highest BCUT2D eigenvalue weighted by Gasteiger charge is 2.15. The summed E-state index contributed by atoms with van der Waals surface area (Å²) in [6.45, 7) is 3.87. The first kappa shape index (κ1) is 20.4. The lowest BCUT2D eigenvalue weighted by molar-refractivity contribution is 0.430. The van der Waals surface area contributed by atoms with Crippen LogP contribution in [0.2, 0.25) is 0 Å². The normalized spacial score (nSPS) is 11.6. The van der Waals surface area contributed by atoms with Gasteiger partial charge in [0.25, 0.3) is 5.56 Å². The predicted molar refractivity (Wildman–Crippen MR) is 130 cm³/mol. The van der Waals surface area contributed by atoms with Gasteiger partial charge in [0.05, 0.1) is 22.4 Å². The maximum absolute atomic E-state index is 12.6. The van der Waals surface area contributed by atoms with Crippen molar-refractivity contribution in [3.63, 3.8) is 0 Å². The quantitative estimate of drug-likeness (QED) is 0.325. The molecule has 3 aromatic carbocycles. The fourth-order valence-electron chi connectivity index (χ4n) is 3.84. The van der Waals surface area contributed by atoms with Gasteiger partial charge in [-0.1, -0.05) is 42.5 Å². The Kier molecular flexibility index (Phi) is 4.86. The Hall–Kier alpha value is -4.52. The SMILES string of the molecule is Cc1ccc(-n2c(O)c(C=Nc3c4ccccc4nc4ccccc34)c(=O)[nH]c2=O)cc1C. The number of nitrogens with one attached hydrogen (secondary N) is 1. The first-order chi connectivity index (χ1) is 15.9. The number of para-hydroxylation sites is 2. The second-order valence-corrected chi connectivity index (χ2v) is 7.85. The van der Waals surface area contributed by atoms with Crippen LogP contribution in [-0.4, -0.2) is 25.9 Å². The molecule has 2 aromatic heterocycles. The van der Waals surface area contributed by atoms with E-state index in [1.165, 1.54) is 6.21 Å². The van der Waals surface area contributed by atoms with Crippen LogP contribution >= 0.6 is 0 Å². The number of aromatic nitrogens is 3. The molecule has 0 bridgehead atoms. The van der Waals surface area contributed by atoms with Crippen LogP contribution in [0.5, 0.6) is 5.88 Å². The second kappa shape index (κ2) is 7.87. The minimum absolute atomic E-state index is 0.113. The Balaban J connectivity index is 1.73. The smallest absolute Gasteiger partial charge is 0.335 e. The van der Waals surface area contributed by atoms with Crippen molar-refractivity contribution in [2.24, 2.45) is 4.99 Å². The number of aliphatic imine (C=N–C) groups is 1. The molecule has 7 nitrogen and oxygen atoms in total. The molecular formula is C26H20N4O3. The lowest BCUT2D eigenvalue weighted by Crippen LogP contribution is -2.31. The second-order valence-electron chi connectivity index (χ2n) is 7.85. The Labute approximate surface area is 188 Å². The third-order valence-corrected chi connectivity index (χ3v) is 5.75. The maximum Gasteiger partial charge on any atom is 0.335 e. The zero-order valence-electron chi connectivity index (χ0n) is 18.0. The molecule has 0 aliphatic heterocycles. The van der Waals surface area contributed by atoms with Gasteiger partial charge in [-0.15, -0.1) is 0 Å². The van der Waals surface area contributed by atoms with Crippen molar-refractivity contribution in [3.05, 3.63) is 104 Å². The van der Waals surface area contributed by atoms with E-state index in [1.54, 1.807) is 12.1 Å². The number of benzene rings is 3. The molecule has 2 heterocycles. The first-order valence-electron chi connectivity index (χ1n) is 10.4. The lowest BCUT2D eigenvalue weighted by Gasteiger charge is -2.11. The van der Waals surface area contributed by atoms with Gasteiger partial charge in [0.2, 0.25) is 5.88 Å². The minimum atomic E-state index is -0.724. The Morgan fingerprint density at radius 3 is 2.18 bits per heavy atom. The van der Waals surface area contributed by atoms with Crippen LogP contribution in [0.1, 0.15) is 16.7 Å². The largest absolute Gasteiger partial charge is 0.493 e. The highest BCUT2D eigenvalue weighted by molar-refractivity contribution is 6.07. The van der Waals surface area contributed by atoms with E-state index in [2.05, 4.69) is 15.0 Å². The summed E-state index contributed by atoms with van der Waals surface area (Å²) in [6, 6.07) is 20.5. The summed E-state index contributed by atoms with van der Waals surface area (Å²) in [6.07, 6.45) is 1.29. The van der Waals surface area contributed by atoms with E-state index < -0.39 is 17.1 Å². The average molecular weight is 436 g/mol. The zero-order valence-corrected chi connectivity index (χ0v) is 18.0. The van der Waals surface area contributed by atoms with Crippen molar-refractivity contribution in [1.29, 1.82) is 0 Å². The van der Waals surface area contributed by atoms with Gasteiger partial charge in [-0.05, 0) is 49.2 Å². The maximum atomic E-state index is 12.6. The Morgan fingerprint density at radius 2 is 1.55 bits per heavy atom. The van der Waals surface area contributed by atoms with Crippen LogP contribution in [0.25, 0.3) is 27.5 Å². The highest BCUT2D eigenvalue weighted by atomic mass is 16.3. The topological polar surface area (TPSA) is 100 Å². The molecule has 0 radical (unpaired) electrons. The molecule has 0 fully saturated rings. The molecule has 0 aliphatic rings. The van der Waals surface area contributed by atoms with Crippen LogP contribution in [0.4, 0.5) is 5.69 Å². The molecule has 0 saturated heterocycles. The summed E-state index contributed by atoms with van der Waals surface area (Å²) in [7, 11) is 0. The van der Waals surface area contributed by atoms with Crippen molar-refractivity contribution in [2.45, 2.75) is 13.8 Å².